The van der Waals surface area contributed by atoms with E-state index >= 15 is 0 Å². The highest BCUT2D eigenvalue weighted by atomic mass is 28.3. The van der Waals surface area contributed by atoms with Crippen molar-refractivity contribution < 1.29 is 18.7 Å². The Morgan fingerprint density at radius 1 is 1.07 bits per heavy atom. The van der Waals surface area contributed by atoms with E-state index < -0.39 is 14.7 Å². The van der Waals surface area contributed by atoms with E-state index in [4.69, 9.17) is 9.47 Å². The Hall–Kier alpha value is -3.61. The predicted molar refractivity (Wildman–Crippen MR) is 162 cm³/mol. The first-order valence-corrected chi connectivity index (χ1v) is 18.2. The van der Waals surface area contributed by atoms with Crippen molar-refractivity contribution in [3.05, 3.63) is 66.9 Å². The Balaban J connectivity index is 1.15. The lowest BCUT2D eigenvalue weighted by Crippen LogP contribution is -2.53. The fourth-order valence-corrected chi connectivity index (χ4v) is 5.78. The first kappa shape index (κ1) is 29.9. The highest BCUT2D eigenvalue weighted by Crippen LogP contribution is 2.26. The highest BCUT2D eigenvalue weighted by molar-refractivity contribution is 6.76. The maximum absolute atomic E-state index is 14.2. The molecule has 224 valence electrons. The number of aromatic nitrogens is 5. The summed E-state index contributed by atoms with van der Waals surface area (Å²) in [5, 5.41) is 5.44. The van der Waals surface area contributed by atoms with Crippen LogP contribution in [0.15, 0.2) is 61.3 Å². The van der Waals surface area contributed by atoms with Gasteiger partial charge in [0.15, 0.2) is 0 Å². The molecule has 1 amide bonds. The fraction of sp³-hybridized carbons (Fsp3) is 0.467. The summed E-state index contributed by atoms with van der Waals surface area (Å²) < 4.78 is 29.4. The van der Waals surface area contributed by atoms with E-state index in [9.17, 15) is 9.18 Å². The van der Waals surface area contributed by atoms with Gasteiger partial charge in [0, 0.05) is 64.2 Å². The number of carbonyl (C=O) groups is 1. The molecule has 0 spiro atoms. The first-order chi connectivity index (χ1) is 20.3. The van der Waals surface area contributed by atoms with Crippen molar-refractivity contribution in [1.29, 1.82) is 0 Å². The van der Waals surface area contributed by atoms with Crippen LogP contribution in [-0.2, 0) is 29.4 Å². The van der Waals surface area contributed by atoms with Crippen LogP contribution in [0.4, 0.5) is 9.18 Å². The number of amides is 1. The first-order valence-electron chi connectivity index (χ1n) is 14.5. The van der Waals surface area contributed by atoms with Crippen LogP contribution >= 0.6 is 0 Å². The summed E-state index contributed by atoms with van der Waals surface area (Å²) in [5.41, 5.74) is 3.39. The Bertz CT molecular complexity index is 1450. The average molecular weight is 594 g/mol. The molecule has 4 aromatic rings. The number of carbonyl (C=O) groups excluding carboxylic acids is 1. The number of hydrogen-bond donors (Lipinski definition) is 0. The van der Waals surface area contributed by atoms with Gasteiger partial charge in [-0.1, -0.05) is 50.0 Å². The largest absolute Gasteiger partial charge is 0.445 e. The van der Waals surface area contributed by atoms with Gasteiger partial charge in [0.05, 0.1) is 24.5 Å². The molecule has 1 unspecified atom stereocenters. The third kappa shape index (κ3) is 7.61. The van der Waals surface area contributed by atoms with Gasteiger partial charge in [-0.2, -0.15) is 5.10 Å². The van der Waals surface area contributed by atoms with Crippen molar-refractivity contribution in [3.8, 4) is 11.3 Å². The second-order valence-electron chi connectivity index (χ2n) is 11.9. The molecule has 42 heavy (non-hydrogen) atoms. The van der Waals surface area contributed by atoms with Crippen LogP contribution in [-0.4, -0.2) is 93.8 Å². The molecule has 1 saturated heterocycles. The van der Waals surface area contributed by atoms with Crippen LogP contribution in [0.2, 0.25) is 25.7 Å². The molecular formula is C30H40FN7O3Si. The molecule has 0 radical (unpaired) electrons. The maximum atomic E-state index is 14.2. The summed E-state index contributed by atoms with van der Waals surface area (Å²) in [6.07, 6.45) is 6.86. The van der Waals surface area contributed by atoms with E-state index in [1.807, 2.05) is 53.4 Å². The Kier molecular flexibility index (Phi) is 9.65. The molecule has 4 heterocycles. The molecule has 1 atom stereocenters. The van der Waals surface area contributed by atoms with Crippen LogP contribution in [0.25, 0.3) is 22.3 Å². The SMILES string of the molecule is C[Si](C)(C)CCOCn1ccc2c(-c3cnn(CC(CF)N4CCN(C(=O)OCc5ccccc5)CC4)c3)ncnc21. The minimum Gasteiger partial charge on any atom is -0.445 e. The summed E-state index contributed by atoms with van der Waals surface area (Å²) in [6.45, 7) is 10.5. The fourth-order valence-electron chi connectivity index (χ4n) is 5.02. The zero-order chi connectivity index (χ0) is 29.5. The number of piperazine rings is 1. The Labute approximate surface area is 247 Å². The van der Waals surface area contributed by atoms with Gasteiger partial charge in [-0.25, -0.2) is 19.2 Å². The van der Waals surface area contributed by atoms with Crippen molar-refractivity contribution in [3.63, 3.8) is 0 Å². The van der Waals surface area contributed by atoms with Crippen molar-refractivity contribution in [2.45, 2.75) is 51.6 Å². The second-order valence-corrected chi connectivity index (χ2v) is 17.5. The molecule has 12 heteroatoms. The van der Waals surface area contributed by atoms with E-state index in [0.29, 0.717) is 39.5 Å². The second kappa shape index (κ2) is 13.6. The zero-order valence-corrected chi connectivity index (χ0v) is 25.7. The molecule has 0 N–H and O–H groups in total. The molecule has 1 fully saturated rings. The number of halogens is 1. The van der Waals surface area contributed by atoms with Gasteiger partial charge in [-0.3, -0.25) is 9.58 Å². The molecular weight excluding hydrogens is 553 g/mol. The number of benzene rings is 1. The summed E-state index contributed by atoms with van der Waals surface area (Å²) in [7, 11) is -1.15. The van der Waals surface area contributed by atoms with Crippen LogP contribution in [0, 0.1) is 0 Å². The minimum absolute atomic E-state index is 0.241. The maximum Gasteiger partial charge on any atom is 0.410 e. The molecule has 1 aliphatic heterocycles. The molecule has 5 rings (SSSR count). The van der Waals surface area contributed by atoms with Crippen molar-refractivity contribution in [2.24, 2.45) is 0 Å². The summed E-state index contributed by atoms with van der Waals surface area (Å²) in [5.74, 6) is 0. The number of ether oxygens (including phenoxy) is 2. The third-order valence-corrected chi connectivity index (χ3v) is 9.26. The molecule has 3 aromatic heterocycles. The Morgan fingerprint density at radius 2 is 1.86 bits per heavy atom. The standard InChI is InChI=1S/C30H40FN7O3Si/c1-42(2,3)16-15-40-23-37-10-9-27-28(32-22-33-29(27)37)25-18-34-38(19-25)20-26(17-31)35-11-13-36(14-12-35)30(39)41-21-24-7-5-4-6-8-24/h4-10,18-19,22,26H,11-17,20-21,23H2,1-3H3. The lowest BCUT2D eigenvalue weighted by atomic mass is 10.2. The molecule has 0 bridgehead atoms. The number of nitrogens with zero attached hydrogens (tertiary/aromatic N) is 7. The predicted octanol–water partition coefficient (Wildman–Crippen LogP) is 4.90. The van der Waals surface area contributed by atoms with Gasteiger partial charge in [-0.15, -0.1) is 0 Å². The zero-order valence-electron chi connectivity index (χ0n) is 24.7. The Morgan fingerprint density at radius 3 is 2.60 bits per heavy atom. The summed E-state index contributed by atoms with van der Waals surface area (Å²) >= 11 is 0. The van der Waals surface area contributed by atoms with Crippen LogP contribution in [0.1, 0.15) is 5.56 Å². The van der Waals surface area contributed by atoms with Gasteiger partial charge in [0.2, 0.25) is 0 Å². The average Bonchev–Trinajstić information content (AvgIpc) is 3.64. The lowest BCUT2D eigenvalue weighted by Gasteiger charge is -2.37. The van der Waals surface area contributed by atoms with Gasteiger partial charge in [0.1, 0.15) is 32.0 Å². The molecule has 0 saturated carbocycles. The molecule has 10 nitrogen and oxygen atoms in total. The smallest absolute Gasteiger partial charge is 0.410 e. The van der Waals surface area contributed by atoms with E-state index in [-0.39, 0.29) is 18.7 Å². The van der Waals surface area contributed by atoms with E-state index in [1.54, 1.807) is 22.1 Å². The number of hydrogen-bond acceptors (Lipinski definition) is 7. The van der Waals surface area contributed by atoms with E-state index in [1.165, 1.54) is 0 Å². The number of alkyl halides is 1. The molecule has 0 aliphatic carbocycles. The van der Waals surface area contributed by atoms with Crippen LogP contribution < -0.4 is 0 Å². The van der Waals surface area contributed by atoms with Gasteiger partial charge in [0.25, 0.3) is 0 Å². The minimum atomic E-state index is -1.15. The summed E-state index contributed by atoms with van der Waals surface area (Å²) in [4.78, 5) is 25.3. The topological polar surface area (TPSA) is 90.5 Å². The lowest BCUT2D eigenvalue weighted by molar-refractivity contribution is 0.0509. The van der Waals surface area contributed by atoms with Gasteiger partial charge in [-0.05, 0) is 17.7 Å². The molecule has 1 aliphatic rings. The monoisotopic (exact) mass is 593 g/mol. The van der Waals surface area contributed by atoms with Gasteiger partial charge < -0.3 is 18.9 Å². The van der Waals surface area contributed by atoms with Crippen LogP contribution in [0.5, 0.6) is 0 Å². The normalized spacial score (nSPS) is 15.3. The molecule has 1 aromatic carbocycles. The van der Waals surface area contributed by atoms with E-state index in [0.717, 1.165) is 40.5 Å². The van der Waals surface area contributed by atoms with Crippen molar-refractivity contribution in [2.75, 3.05) is 39.5 Å². The highest BCUT2D eigenvalue weighted by Gasteiger charge is 2.27. The van der Waals surface area contributed by atoms with Crippen molar-refractivity contribution >= 4 is 25.2 Å². The number of fused-ring (bicyclic) bond motifs is 1. The quantitative estimate of drug-likeness (QED) is 0.171. The number of rotatable bonds is 12. The van der Waals surface area contributed by atoms with Gasteiger partial charge >= 0.3 is 6.09 Å². The van der Waals surface area contributed by atoms with Crippen LogP contribution in [0.3, 0.4) is 0 Å². The summed E-state index contributed by atoms with van der Waals surface area (Å²) in [6, 6.07) is 12.4. The van der Waals surface area contributed by atoms with Crippen molar-refractivity contribution in [1.82, 2.24) is 34.1 Å². The third-order valence-electron chi connectivity index (χ3n) is 7.56. The van der Waals surface area contributed by atoms with E-state index in [2.05, 4.69) is 39.6 Å².